The topological polar surface area (TPSA) is 24.5 Å². The molecule has 1 heterocycles. The van der Waals surface area contributed by atoms with Gasteiger partial charge in [-0.2, -0.15) is 0 Å². The van der Waals surface area contributed by atoms with E-state index in [-0.39, 0.29) is 0 Å². The molecule has 1 aliphatic heterocycles. The van der Waals surface area contributed by atoms with Gasteiger partial charge in [-0.05, 0) is 44.5 Å². The molecular weight excluding hydrogens is 260 g/mol. The standard InChI is InChI=1S/C18H30N2O/c1-14(2)19-11-9-16-7-5-6-8-17(16)13-20(4)18-10-12-21-15(18)3/h5-8,14-15,18-19H,9-13H2,1-4H3. The molecule has 2 unspecified atom stereocenters. The van der Waals surface area contributed by atoms with E-state index in [0.29, 0.717) is 18.2 Å². The van der Waals surface area contributed by atoms with Crippen molar-refractivity contribution in [2.24, 2.45) is 0 Å². The van der Waals surface area contributed by atoms with Gasteiger partial charge in [0.05, 0.1) is 6.10 Å². The molecule has 3 nitrogen and oxygen atoms in total. The van der Waals surface area contributed by atoms with E-state index in [0.717, 1.165) is 32.5 Å². The highest BCUT2D eigenvalue weighted by atomic mass is 16.5. The van der Waals surface area contributed by atoms with Gasteiger partial charge in [-0.15, -0.1) is 0 Å². The molecule has 1 N–H and O–H groups in total. The van der Waals surface area contributed by atoms with Gasteiger partial charge in [0.25, 0.3) is 0 Å². The fourth-order valence-electron chi connectivity index (χ4n) is 3.14. The lowest BCUT2D eigenvalue weighted by Crippen LogP contribution is -2.36. The minimum absolute atomic E-state index is 0.352. The van der Waals surface area contributed by atoms with Crippen LogP contribution >= 0.6 is 0 Å². The number of likely N-dealkylation sites (N-methyl/N-ethyl adjacent to an activating group) is 1. The van der Waals surface area contributed by atoms with Gasteiger partial charge in [-0.1, -0.05) is 38.1 Å². The Hall–Kier alpha value is -0.900. The lowest BCUT2D eigenvalue weighted by atomic mass is 10.0. The van der Waals surface area contributed by atoms with E-state index in [1.54, 1.807) is 0 Å². The summed E-state index contributed by atoms with van der Waals surface area (Å²) < 4.78 is 5.69. The predicted octanol–water partition coefficient (Wildman–Crippen LogP) is 2.84. The van der Waals surface area contributed by atoms with Crippen molar-refractivity contribution in [3.8, 4) is 0 Å². The Morgan fingerprint density at radius 3 is 2.62 bits per heavy atom. The van der Waals surface area contributed by atoms with Crippen LogP contribution in [-0.4, -0.2) is 43.3 Å². The zero-order chi connectivity index (χ0) is 15.2. The minimum atomic E-state index is 0.352. The third-order valence-electron chi connectivity index (χ3n) is 4.39. The van der Waals surface area contributed by atoms with Crippen molar-refractivity contribution in [3.05, 3.63) is 35.4 Å². The Kier molecular flexibility index (Phi) is 6.22. The second kappa shape index (κ2) is 7.92. The summed E-state index contributed by atoms with van der Waals surface area (Å²) in [6.07, 6.45) is 2.60. The van der Waals surface area contributed by atoms with E-state index in [9.17, 15) is 0 Å². The molecule has 0 amide bonds. The van der Waals surface area contributed by atoms with Crippen molar-refractivity contribution >= 4 is 0 Å². The molecule has 1 aromatic carbocycles. The number of nitrogens with one attached hydrogen (secondary N) is 1. The highest BCUT2D eigenvalue weighted by Gasteiger charge is 2.27. The largest absolute Gasteiger partial charge is 0.377 e. The van der Waals surface area contributed by atoms with Crippen LogP contribution in [0.1, 0.15) is 38.3 Å². The highest BCUT2D eigenvalue weighted by Crippen LogP contribution is 2.21. The van der Waals surface area contributed by atoms with Gasteiger partial charge in [-0.25, -0.2) is 0 Å². The molecule has 1 fully saturated rings. The molecule has 0 spiro atoms. The van der Waals surface area contributed by atoms with Crippen LogP contribution < -0.4 is 5.32 Å². The summed E-state index contributed by atoms with van der Waals surface area (Å²) in [6, 6.07) is 9.93. The first-order valence-corrected chi connectivity index (χ1v) is 8.20. The Morgan fingerprint density at radius 2 is 2.00 bits per heavy atom. The molecule has 0 aliphatic carbocycles. The molecule has 2 atom stereocenters. The summed E-state index contributed by atoms with van der Waals surface area (Å²) in [5.41, 5.74) is 2.91. The summed E-state index contributed by atoms with van der Waals surface area (Å²) >= 11 is 0. The van der Waals surface area contributed by atoms with Crippen LogP contribution in [0.2, 0.25) is 0 Å². The average molecular weight is 290 g/mol. The van der Waals surface area contributed by atoms with E-state index >= 15 is 0 Å². The molecule has 1 saturated heterocycles. The van der Waals surface area contributed by atoms with E-state index in [1.807, 2.05) is 0 Å². The first-order chi connectivity index (χ1) is 10.1. The van der Waals surface area contributed by atoms with E-state index in [4.69, 9.17) is 4.74 Å². The number of hydrogen-bond donors (Lipinski definition) is 1. The van der Waals surface area contributed by atoms with Gasteiger partial charge in [-0.3, -0.25) is 4.90 Å². The fourth-order valence-corrected chi connectivity index (χ4v) is 3.14. The van der Waals surface area contributed by atoms with Crippen LogP contribution in [0.15, 0.2) is 24.3 Å². The highest BCUT2D eigenvalue weighted by molar-refractivity contribution is 5.27. The molecule has 1 aromatic rings. The van der Waals surface area contributed by atoms with E-state index in [1.165, 1.54) is 11.1 Å². The third-order valence-corrected chi connectivity index (χ3v) is 4.39. The van der Waals surface area contributed by atoms with Crippen molar-refractivity contribution in [2.45, 2.75) is 58.3 Å². The minimum Gasteiger partial charge on any atom is -0.377 e. The molecule has 0 radical (unpaired) electrons. The Bertz CT molecular complexity index is 433. The number of ether oxygens (including phenoxy) is 1. The number of nitrogens with zero attached hydrogens (tertiary/aromatic N) is 1. The molecule has 21 heavy (non-hydrogen) atoms. The maximum absolute atomic E-state index is 5.69. The van der Waals surface area contributed by atoms with E-state index in [2.05, 4.69) is 62.3 Å². The Labute approximate surface area is 129 Å². The lowest BCUT2D eigenvalue weighted by molar-refractivity contribution is 0.0813. The molecule has 0 aromatic heterocycles. The van der Waals surface area contributed by atoms with Crippen LogP contribution in [0.3, 0.4) is 0 Å². The average Bonchev–Trinajstić information content (AvgIpc) is 2.86. The summed E-state index contributed by atoms with van der Waals surface area (Å²) in [4.78, 5) is 2.45. The van der Waals surface area contributed by atoms with Crippen molar-refractivity contribution in [1.82, 2.24) is 10.2 Å². The Balaban J connectivity index is 1.95. The molecule has 0 bridgehead atoms. The monoisotopic (exact) mass is 290 g/mol. The van der Waals surface area contributed by atoms with Crippen molar-refractivity contribution < 1.29 is 4.74 Å². The zero-order valence-corrected chi connectivity index (χ0v) is 13.9. The maximum Gasteiger partial charge on any atom is 0.0703 e. The summed E-state index contributed by atoms with van der Waals surface area (Å²) in [5.74, 6) is 0. The summed E-state index contributed by atoms with van der Waals surface area (Å²) in [6.45, 7) is 9.53. The second-order valence-corrected chi connectivity index (χ2v) is 6.47. The van der Waals surface area contributed by atoms with Crippen LogP contribution in [0, 0.1) is 0 Å². The van der Waals surface area contributed by atoms with Crippen molar-refractivity contribution in [2.75, 3.05) is 20.2 Å². The van der Waals surface area contributed by atoms with Gasteiger partial charge >= 0.3 is 0 Å². The van der Waals surface area contributed by atoms with Crippen molar-refractivity contribution in [1.29, 1.82) is 0 Å². The molecule has 118 valence electrons. The lowest BCUT2D eigenvalue weighted by Gasteiger charge is -2.27. The molecule has 3 heteroatoms. The fraction of sp³-hybridized carbons (Fsp3) is 0.667. The second-order valence-electron chi connectivity index (χ2n) is 6.47. The first-order valence-electron chi connectivity index (χ1n) is 8.20. The van der Waals surface area contributed by atoms with Crippen LogP contribution in [0.5, 0.6) is 0 Å². The molecular formula is C18H30N2O. The molecule has 1 aliphatic rings. The normalized spacial score (nSPS) is 22.4. The van der Waals surface area contributed by atoms with E-state index < -0.39 is 0 Å². The quantitative estimate of drug-likeness (QED) is 0.836. The van der Waals surface area contributed by atoms with Crippen LogP contribution in [0.25, 0.3) is 0 Å². The van der Waals surface area contributed by atoms with Gasteiger partial charge in [0.1, 0.15) is 0 Å². The summed E-state index contributed by atoms with van der Waals surface area (Å²) in [5, 5.41) is 3.50. The zero-order valence-electron chi connectivity index (χ0n) is 13.9. The van der Waals surface area contributed by atoms with Crippen molar-refractivity contribution in [3.63, 3.8) is 0 Å². The smallest absolute Gasteiger partial charge is 0.0703 e. The molecule has 0 saturated carbocycles. The predicted molar refractivity (Wildman–Crippen MR) is 88.6 cm³/mol. The number of hydrogen-bond acceptors (Lipinski definition) is 3. The maximum atomic E-state index is 5.69. The SMILES string of the molecule is CC(C)NCCc1ccccc1CN(C)C1CCOC1C. The Morgan fingerprint density at radius 1 is 1.29 bits per heavy atom. The summed E-state index contributed by atoms with van der Waals surface area (Å²) in [7, 11) is 2.22. The third kappa shape index (κ3) is 4.80. The van der Waals surface area contributed by atoms with Gasteiger partial charge in [0, 0.05) is 25.2 Å². The van der Waals surface area contributed by atoms with Gasteiger partial charge < -0.3 is 10.1 Å². The van der Waals surface area contributed by atoms with Gasteiger partial charge in [0.15, 0.2) is 0 Å². The number of rotatable bonds is 7. The molecule has 2 rings (SSSR count). The van der Waals surface area contributed by atoms with Gasteiger partial charge in [0.2, 0.25) is 0 Å². The first kappa shape index (κ1) is 16.5. The van der Waals surface area contributed by atoms with Crippen LogP contribution in [0.4, 0.5) is 0 Å². The van der Waals surface area contributed by atoms with Crippen LogP contribution in [-0.2, 0) is 17.7 Å². The number of benzene rings is 1.